The number of para-hydroxylation sites is 1. The first-order valence-electron chi connectivity index (χ1n) is 9.20. The lowest BCUT2D eigenvalue weighted by atomic mass is 10.0. The van der Waals surface area contributed by atoms with Gasteiger partial charge in [-0.15, -0.1) is 0 Å². The number of hydrogen-bond donors (Lipinski definition) is 1. The number of nitrogens with one attached hydrogen (secondary N) is 1. The third-order valence-electron chi connectivity index (χ3n) is 4.22. The predicted octanol–water partition coefficient (Wildman–Crippen LogP) is 5.13. The van der Waals surface area contributed by atoms with E-state index in [-0.39, 0.29) is 18.4 Å². The Morgan fingerprint density at radius 2 is 1.63 bits per heavy atom. The molecule has 0 aliphatic heterocycles. The van der Waals surface area contributed by atoms with E-state index >= 15 is 0 Å². The number of carbonyl (C=O) groups excluding carboxylic acids is 2. The lowest BCUT2D eigenvalue weighted by Crippen LogP contribution is -2.21. The summed E-state index contributed by atoms with van der Waals surface area (Å²) in [6.07, 6.45) is 3.01. The molecule has 1 amide bonds. The number of anilines is 1. The highest BCUT2D eigenvalue weighted by Gasteiger charge is 2.10. The third kappa shape index (κ3) is 6.41. The molecule has 1 N–H and O–H groups in total. The molecule has 0 heterocycles. The van der Waals surface area contributed by atoms with Gasteiger partial charge in [0.25, 0.3) is 5.91 Å². The van der Waals surface area contributed by atoms with Gasteiger partial charge in [0, 0.05) is 11.8 Å². The van der Waals surface area contributed by atoms with E-state index in [1.807, 2.05) is 48.5 Å². The minimum atomic E-state index is -0.546. The van der Waals surface area contributed by atoms with Crippen LogP contribution in [-0.4, -0.2) is 18.5 Å². The first kappa shape index (κ1) is 20.4. The Balaban J connectivity index is 1.85. The topological polar surface area (TPSA) is 55.4 Å². The largest absolute Gasteiger partial charge is 0.452 e. The molecule has 0 saturated heterocycles. The summed E-state index contributed by atoms with van der Waals surface area (Å²) in [5.74, 6) is -0.150. The molecule has 0 bridgehead atoms. The molecule has 0 unspecified atom stereocenters. The smallest absolute Gasteiger partial charge is 0.331 e. The van der Waals surface area contributed by atoms with Gasteiger partial charge in [-0.1, -0.05) is 70.2 Å². The number of ether oxygens (including phenoxy) is 1. The maximum absolute atomic E-state index is 12.1. The molecule has 4 heteroatoms. The fourth-order valence-electron chi connectivity index (χ4n) is 2.64. The second-order valence-electron chi connectivity index (χ2n) is 7.05. The van der Waals surface area contributed by atoms with Crippen LogP contribution in [-0.2, 0) is 14.3 Å². The van der Waals surface area contributed by atoms with Crippen LogP contribution >= 0.6 is 0 Å². The molecular weight excluding hydrogens is 338 g/mol. The maximum atomic E-state index is 12.1. The second-order valence-corrected chi connectivity index (χ2v) is 7.05. The molecule has 0 aliphatic carbocycles. The molecule has 0 atom stereocenters. The second kappa shape index (κ2) is 9.72. The molecular formula is C23H27NO3. The van der Waals surface area contributed by atoms with Crippen LogP contribution in [0.5, 0.6) is 0 Å². The molecule has 0 aliphatic rings. The zero-order valence-electron chi connectivity index (χ0n) is 16.4. The summed E-state index contributed by atoms with van der Waals surface area (Å²) in [7, 11) is 0. The highest BCUT2D eigenvalue weighted by atomic mass is 16.5. The Morgan fingerprint density at radius 1 is 0.963 bits per heavy atom. The van der Waals surface area contributed by atoms with Crippen molar-refractivity contribution < 1.29 is 14.3 Å². The summed E-state index contributed by atoms with van der Waals surface area (Å²) < 4.78 is 5.02. The first-order valence-corrected chi connectivity index (χ1v) is 9.20. The van der Waals surface area contributed by atoms with Gasteiger partial charge in [0.05, 0.1) is 0 Å². The first-order chi connectivity index (χ1) is 12.9. The van der Waals surface area contributed by atoms with Gasteiger partial charge in [-0.25, -0.2) is 4.79 Å². The lowest BCUT2D eigenvalue weighted by Gasteiger charge is -2.13. The number of carbonyl (C=O) groups is 2. The van der Waals surface area contributed by atoms with Gasteiger partial charge in [-0.2, -0.15) is 0 Å². The molecule has 0 radical (unpaired) electrons. The zero-order chi connectivity index (χ0) is 19.8. The van der Waals surface area contributed by atoms with Crippen LogP contribution in [0.4, 0.5) is 5.69 Å². The fourth-order valence-corrected chi connectivity index (χ4v) is 2.64. The minimum Gasteiger partial charge on any atom is -0.452 e. The molecule has 0 aromatic heterocycles. The summed E-state index contributed by atoms with van der Waals surface area (Å²) in [5, 5.41) is 2.80. The van der Waals surface area contributed by atoms with Gasteiger partial charge in [0.15, 0.2) is 6.61 Å². The van der Waals surface area contributed by atoms with Crippen LogP contribution in [0.1, 0.15) is 56.2 Å². The van der Waals surface area contributed by atoms with Crippen molar-refractivity contribution in [2.75, 3.05) is 11.9 Å². The van der Waals surface area contributed by atoms with Gasteiger partial charge in [-0.05, 0) is 40.7 Å². The van der Waals surface area contributed by atoms with Crippen molar-refractivity contribution in [2.24, 2.45) is 0 Å². The Bertz CT molecular complexity index is 805. The van der Waals surface area contributed by atoms with E-state index < -0.39 is 5.97 Å². The number of esters is 1. The molecule has 2 rings (SSSR count). The quantitative estimate of drug-likeness (QED) is 0.547. The molecule has 27 heavy (non-hydrogen) atoms. The van der Waals surface area contributed by atoms with Crippen molar-refractivity contribution in [2.45, 2.75) is 39.5 Å². The van der Waals surface area contributed by atoms with Crippen LogP contribution < -0.4 is 5.32 Å². The van der Waals surface area contributed by atoms with Crippen LogP contribution in [0, 0.1) is 0 Å². The van der Waals surface area contributed by atoms with Gasteiger partial charge >= 0.3 is 5.97 Å². The van der Waals surface area contributed by atoms with Gasteiger partial charge in [-0.3, -0.25) is 4.79 Å². The normalized spacial score (nSPS) is 11.2. The fraction of sp³-hybridized carbons (Fsp3) is 0.304. The van der Waals surface area contributed by atoms with E-state index in [1.165, 1.54) is 11.6 Å². The Labute approximate surface area is 161 Å². The Hall–Kier alpha value is -2.88. The molecule has 142 valence electrons. The minimum absolute atomic E-state index is 0.286. The van der Waals surface area contributed by atoms with E-state index in [2.05, 4.69) is 33.0 Å². The summed E-state index contributed by atoms with van der Waals surface area (Å²) in [6, 6.07) is 15.6. The number of benzene rings is 2. The monoisotopic (exact) mass is 365 g/mol. The molecule has 2 aromatic rings. The molecule has 0 saturated carbocycles. The predicted molar refractivity (Wildman–Crippen MR) is 110 cm³/mol. The summed E-state index contributed by atoms with van der Waals surface area (Å²) in [6.45, 7) is 8.06. The SMILES string of the molecule is CC(C)c1ccc(/C=C/C(=O)OCC(=O)Nc2ccccc2C(C)C)cc1. The molecule has 0 spiro atoms. The number of amides is 1. The average molecular weight is 365 g/mol. The maximum Gasteiger partial charge on any atom is 0.331 e. The Morgan fingerprint density at radius 3 is 2.26 bits per heavy atom. The van der Waals surface area contributed by atoms with Gasteiger partial charge in [0.1, 0.15) is 0 Å². The summed E-state index contributed by atoms with van der Waals surface area (Å²) in [5.41, 5.74) is 3.94. The molecule has 0 fully saturated rings. The third-order valence-corrected chi connectivity index (χ3v) is 4.22. The zero-order valence-corrected chi connectivity index (χ0v) is 16.4. The highest BCUT2D eigenvalue weighted by molar-refractivity contribution is 5.95. The van der Waals surface area contributed by atoms with Crippen molar-refractivity contribution in [3.05, 3.63) is 71.3 Å². The van der Waals surface area contributed by atoms with Crippen molar-refractivity contribution in [1.82, 2.24) is 0 Å². The number of rotatable bonds is 7. The van der Waals surface area contributed by atoms with Crippen molar-refractivity contribution in [1.29, 1.82) is 0 Å². The van der Waals surface area contributed by atoms with Crippen LogP contribution in [0.3, 0.4) is 0 Å². The van der Waals surface area contributed by atoms with E-state index in [4.69, 9.17) is 4.74 Å². The highest BCUT2D eigenvalue weighted by Crippen LogP contribution is 2.23. The summed E-state index contributed by atoms with van der Waals surface area (Å²) >= 11 is 0. The summed E-state index contributed by atoms with van der Waals surface area (Å²) in [4.78, 5) is 23.9. The van der Waals surface area contributed by atoms with Crippen LogP contribution in [0.2, 0.25) is 0 Å². The van der Waals surface area contributed by atoms with Crippen molar-refractivity contribution >= 4 is 23.6 Å². The van der Waals surface area contributed by atoms with Crippen molar-refractivity contribution in [3.8, 4) is 0 Å². The lowest BCUT2D eigenvalue weighted by molar-refractivity contribution is -0.142. The average Bonchev–Trinajstić information content (AvgIpc) is 2.65. The Kier molecular flexibility index (Phi) is 7.35. The van der Waals surface area contributed by atoms with E-state index in [0.717, 1.165) is 16.8 Å². The molecule has 4 nitrogen and oxygen atoms in total. The van der Waals surface area contributed by atoms with Crippen molar-refractivity contribution in [3.63, 3.8) is 0 Å². The van der Waals surface area contributed by atoms with Gasteiger partial charge < -0.3 is 10.1 Å². The van der Waals surface area contributed by atoms with E-state index in [9.17, 15) is 9.59 Å². The van der Waals surface area contributed by atoms with Crippen LogP contribution in [0.25, 0.3) is 6.08 Å². The number of hydrogen-bond acceptors (Lipinski definition) is 3. The van der Waals surface area contributed by atoms with Gasteiger partial charge in [0.2, 0.25) is 0 Å². The van der Waals surface area contributed by atoms with E-state index in [0.29, 0.717) is 5.92 Å². The van der Waals surface area contributed by atoms with E-state index in [1.54, 1.807) is 6.08 Å². The standard InChI is InChI=1S/C23H27NO3/c1-16(2)19-12-9-18(10-13-19)11-14-23(26)27-15-22(25)24-21-8-6-5-7-20(21)17(3)4/h5-14,16-17H,15H2,1-4H3,(H,24,25)/b14-11+. The van der Waals surface area contributed by atoms with Crippen LogP contribution in [0.15, 0.2) is 54.6 Å². The molecule has 2 aromatic carbocycles.